The van der Waals surface area contributed by atoms with Crippen LogP contribution in [0.25, 0.3) is 212 Å². The van der Waals surface area contributed by atoms with E-state index in [1.165, 1.54) is 150 Å². The maximum atomic E-state index is 5.16. The monoisotopic (exact) mass is 1430 g/mol. The van der Waals surface area contributed by atoms with Crippen molar-refractivity contribution in [2.45, 2.75) is 6.42 Å². The van der Waals surface area contributed by atoms with E-state index in [9.17, 15) is 0 Å². The number of benzene rings is 16. The summed E-state index contributed by atoms with van der Waals surface area (Å²) >= 11 is 7.32. The Kier molecular flexibility index (Phi) is 13.6. The highest BCUT2D eigenvalue weighted by Crippen LogP contribution is 2.56. The van der Waals surface area contributed by atoms with E-state index in [0.29, 0.717) is 0 Å². The van der Waals surface area contributed by atoms with Crippen LogP contribution in [0.4, 0.5) is 0 Å². The Bertz CT molecular complexity index is 7240. The topological polar surface area (TPSA) is 56.5 Å². The minimum atomic E-state index is 0.724. The maximum Gasteiger partial charge on any atom is 0.160 e. The van der Waals surface area contributed by atoms with Crippen LogP contribution in [0.5, 0.6) is 0 Å². The summed E-state index contributed by atoms with van der Waals surface area (Å²) in [5, 5.41) is 15.6. The van der Waals surface area contributed by atoms with E-state index in [1.807, 2.05) is 95.5 Å². The zero-order valence-electron chi connectivity index (χ0n) is 56.3. The fraction of sp³-hybridized carbons (Fsp3) is 0.0103. The zero-order valence-corrected chi connectivity index (χ0v) is 59.5. The summed E-state index contributed by atoms with van der Waals surface area (Å²) in [6.07, 6.45) is 1.03. The third-order valence-corrected chi connectivity index (χ3v) is 24.7. The lowest BCUT2D eigenvalue weighted by molar-refractivity contribution is 1.18. The first kappa shape index (κ1) is 60.1. The third kappa shape index (κ3) is 9.37. The van der Waals surface area contributed by atoms with Gasteiger partial charge in [-0.1, -0.05) is 265 Å². The quantitative estimate of drug-likeness (QED) is 0.172. The smallest absolute Gasteiger partial charge is 0.160 e. The second-order valence-corrected chi connectivity index (χ2v) is 30.5. The molecule has 0 unspecified atom stereocenters. The molecule has 0 N–H and O–H groups in total. The van der Waals surface area contributed by atoms with E-state index in [-0.39, 0.29) is 0 Å². The van der Waals surface area contributed by atoms with Crippen molar-refractivity contribution in [3.05, 3.63) is 343 Å². The number of fused-ring (bicyclic) bond motifs is 24. The fourth-order valence-corrected chi connectivity index (χ4v) is 19.9. The summed E-state index contributed by atoms with van der Waals surface area (Å²) in [6.45, 7) is 0. The van der Waals surface area contributed by atoms with Gasteiger partial charge in [0.2, 0.25) is 0 Å². The molecule has 3 aliphatic carbocycles. The largest absolute Gasteiger partial charge is 0.309 e. The van der Waals surface area contributed by atoms with Crippen LogP contribution >= 0.6 is 38.6 Å². The van der Waals surface area contributed by atoms with Gasteiger partial charge in [0.1, 0.15) is 0 Å². The molecule has 8 heteroatoms. The predicted octanol–water partition coefficient (Wildman–Crippen LogP) is 27.4. The second-order valence-electron chi connectivity index (χ2n) is 27.5. The van der Waals surface area contributed by atoms with E-state index >= 15 is 0 Å². The summed E-state index contributed by atoms with van der Waals surface area (Å²) in [5.41, 5.74) is 28.3. The Labute approximate surface area is 620 Å². The maximum absolute atomic E-state index is 5.16. The van der Waals surface area contributed by atoms with Crippen LogP contribution in [0.15, 0.2) is 332 Å². The van der Waals surface area contributed by atoms with Gasteiger partial charge in [0.25, 0.3) is 0 Å². The van der Waals surface area contributed by atoms with Gasteiger partial charge in [-0.3, -0.25) is 0 Å². The van der Waals surface area contributed by atoms with E-state index in [0.717, 1.165) is 83.7 Å². The number of nitrogens with zero attached hydrogens (tertiary/aromatic N) is 5. The van der Waals surface area contributed by atoms with Crippen molar-refractivity contribution in [3.8, 4) is 107 Å². The lowest BCUT2D eigenvalue weighted by atomic mass is 9.94. The first-order valence-electron chi connectivity index (χ1n) is 35.6. The molecule has 16 aromatic carbocycles. The van der Waals surface area contributed by atoms with Crippen molar-refractivity contribution in [1.29, 1.82) is 0 Å². The Morgan fingerprint density at radius 3 is 1.35 bits per heavy atom. The van der Waals surface area contributed by atoms with E-state index < -0.39 is 0 Å². The van der Waals surface area contributed by atoms with Crippen LogP contribution in [-0.2, 0) is 6.42 Å². The minimum Gasteiger partial charge on any atom is -0.309 e. The lowest BCUT2D eigenvalue weighted by Crippen LogP contribution is -1.97. The molecular formula is C97H56BrN5S2. The summed E-state index contributed by atoms with van der Waals surface area (Å²) in [7, 11) is 0. The predicted molar refractivity (Wildman–Crippen MR) is 447 cm³/mol. The number of para-hydroxylation sites is 2. The molecule has 0 aliphatic heterocycles. The number of thiophene rings is 2. The SMILES string of the molecule is Brc1ccc(-c2nc(-c3ccccc3)c3ccccc3n2)cc1.c1ccc(-c2nc(-c3ccc(-n4c5ccc6c7ccccc7sc6c5c5cc6c7c(cccc7c54)-c4ccccc4-6)cc3)nc3ccccc23)cc1.c1ccc2c(c1)-c1cccc3c4c(cc-2c13)-c1c(ccc2c1sc1ccccc12)C4. The molecule has 21 aromatic rings. The summed E-state index contributed by atoms with van der Waals surface area (Å²) in [5.74, 6) is 1.47. The van der Waals surface area contributed by atoms with Crippen molar-refractivity contribution in [3.63, 3.8) is 0 Å². The number of rotatable bonds is 5. The minimum absolute atomic E-state index is 0.724. The highest BCUT2D eigenvalue weighted by atomic mass is 79.9. The molecule has 0 spiro atoms. The molecule has 488 valence electrons. The molecule has 0 bridgehead atoms. The highest BCUT2D eigenvalue weighted by molar-refractivity contribution is 9.10. The van der Waals surface area contributed by atoms with Gasteiger partial charge in [-0.25, -0.2) is 19.9 Å². The van der Waals surface area contributed by atoms with Gasteiger partial charge < -0.3 is 4.57 Å². The Morgan fingerprint density at radius 1 is 0.295 bits per heavy atom. The van der Waals surface area contributed by atoms with Crippen LogP contribution in [0.1, 0.15) is 11.1 Å². The molecule has 0 fully saturated rings. The van der Waals surface area contributed by atoms with Gasteiger partial charge in [-0.15, -0.1) is 22.7 Å². The lowest BCUT2D eigenvalue weighted by Gasteiger charge is -2.13. The molecule has 5 aromatic heterocycles. The standard InChI is InChI=1S/C48H27N3S.C29H16S.C20H13BrN2/c1-2-11-28(12-3-1)45-36-16-6-8-19-40(36)49-48(50-45)29-21-23-30(24-22-29)51-41-26-25-35-33-15-7-9-20-42(33)52-47(35)44(41)39-27-38-32-14-5-4-13-31(32)34-17-10-18-37(43(34)38)46(39)51;1-2-7-18-17(6-1)20-9-5-10-21-23-14-16-12-13-22-19-8-3-4-11-26(19)30-29(22)27(16)25(23)15-24(18)28(20)21;21-16-12-10-15(11-13-16)20-22-18-9-5-4-8-17(18)19(23-20)14-6-2-1-3-7-14/h1-27H;1-13,15H,14H2;1-13H. The van der Waals surface area contributed by atoms with Gasteiger partial charge in [0.05, 0.1) is 33.5 Å². The third-order valence-electron chi connectivity index (χ3n) is 21.7. The molecule has 5 heterocycles. The van der Waals surface area contributed by atoms with Gasteiger partial charge >= 0.3 is 0 Å². The first-order valence-corrected chi connectivity index (χ1v) is 38.0. The molecule has 5 nitrogen and oxygen atoms in total. The summed E-state index contributed by atoms with van der Waals surface area (Å²) in [6, 6.07) is 117. The first-order chi connectivity index (χ1) is 52.0. The van der Waals surface area contributed by atoms with Crippen molar-refractivity contribution < 1.29 is 0 Å². The van der Waals surface area contributed by atoms with Crippen LogP contribution in [0, 0.1) is 0 Å². The van der Waals surface area contributed by atoms with Gasteiger partial charge in [-0.2, -0.15) is 0 Å². The fourth-order valence-electron chi connectivity index (χ4n) is 17.1. The van der Waals surface area contributed by atoms with Crippen LogP contribution in [-0.4, -0.2) is 24.5 Å². The normalized spacial score (nSPS) is 12.2. The van der Waals surface area contributed by atoms with Crippen LogP contribution < -0.4 is 0 Å². The zero-order chi connectivity index (χ0) is 69.0. The molecule has 0 saturated carbocycles. The molecular weight excluding hydrogens is 1380 g/mol. The number of hydrogen-bond donors (Lipinski definition) is 0. The average Bonchev–Trinajstić information content (AvgIpc) is 1.52. The Hall–Kier alpha value is -12.6. The number of halogens is 1. The molecule has 0 saturated heterocycles. The molecule has 3 aliphatic rings. The van der Waals surface area contributed by atoms with Crippen molar-refractivity contribution in [1.82, 2.24) is 24.5 Å². The van der Waals surface area contributed by atoms with Gasteiger partial charge in [0.15, 0.2) is 11.6 Å². The van der Waals surface area contributed by atoms with Crippen molar-refractivity contribution >= 4 is 144 Å². The van der Waals surface area contributed by atoms with Gasteiger partial charge in [-0.05, 0) is 163 Å². The number of hydrogen-bond acceptors (Lipinski definition) is 6. The summed E-state index contributed by atoms with van der Waals surface area (Å²) in [4.78, 5) is 19.8. The van der Waals surface area contributed by atoms with E-state index in [1.54, 1.807) is 0 Å². The molecule has 0 atom stereocenters. The highest BCUT2D eigenvalue weighted by Gasteiger charge is 2.31. The van der Waals surface area contributed by atoms with Gasteiger partial charge in [0, 0.05) is 105 Å². The Balaban J connectivity index is 0.000000110. The second kappa shape index (κ2) is 23.8. The molecule has 24 rings (SSSR count). The molecule has 0 radical (unpaired) electrons. The molecule has 105 heavy (non-hydrogen) atoms. The Morgan fingerprint density at radius 2 is 0.752 bits per heavy atom. The average molecular weight is 1440 g/mol. The van der Waals surface area contributed by atoms with Crippen LogP contribution in [0.3, 0.4) is 0 Å². The van der Waals surface area contributed by atoms with Crippen LogP contribution in [0.2, 0.25) is 0 Å². The number of aromatic nitrogens is 5. The van der Waals surface area contributed by atoms with E-state index in [2.05, 4.69) is 275 Å². The molecule has 0 amide bonds. The summed E-state index contributed by atoms with van der Waals surface area (Å²) < 4.78 is 9.02. The van der Waals surface area contributed by atoms with Crippen molar-refractivity contribution in [2.24, 2.45) is 0 Å². The van der Waals surface area contributed by atoms with Crippen molar-refractivity contribution in [2.75, 3.05) is 0 Å². The van der Waals surface area contributed by atoms with E-state index in [4.69, 9.17) is 19.9 Å².